The van der Waals surface area contributed by atoms with Crippen molar-refractivity contribution in [3.63, 3.8) is 0 Å². The zero-order valence-electron chi connectivity index (χ0n) is 19.3. The van der Waals surface area contributed by atoms with E-state index >= 15 is 0 Å². The van der Waals surface area contributed by atoms with Gasteiger partial charge >= 0.3 is 11.6 Å². The second kappa shape index (κ2) is 9.60. The fourth-order valence-corrected chi connectivity index (χ4v) is 6.08. The Labute approximate surface area is 198 Å². The third-order valence-electron chi connectivity index (χ3n) is 5.96. The molecule has 9 heteroatoms. The lowest BCUT2D eigenvalue weighted by Crippen LogP contribution is -2.42. The number of hydrogen-bond acceptors (Lipinski definition) is 7. The molecule has 0 radical (unpaired) electrons. The van der Waals surface area contributed by atoms with Crippen molar-refractivity contribution in [3.8, 4) is 5.75 Å². The Kier molecular flexibility index (Phi) is 6.77. The predicted octanol–water partition coefficient (Wildman–Crippen LogP) is 3.83. The van der Waals surface area contributed by atoms with E-state index in [0.29, 0.717) is 47.2 Å². The highest BCUT2D eigenvalue weighted by atomic mass is 32.2. The molecule has 0 saturated carbocycles. The summed E-state index contributed by atoms with van der Waals surface area (Å²) in [6.07, 6.45) is 1.00. The molecule has 0 unspecified atom stereocenters. The van der Waals surface area contributed by atoms with Gasteiger partial charge in [-0.25, -0.2) is 18.0 Å². The second-order valence-corrected chi connectivity index (χ2v) is 10.8. The van der Waals surface area contributed by atoms with E-state index in [4.69, 9.17) is 13.9 Å². The van der Waals surface area contributed by atoms with Crippen LogP contribution < -0.4 is 10.4 Å². The normalized spacial score (nSPS) is 19.1. The molecule has 0 spiro atoms. The smallest absolute Gasteiger partial charge is 0.338 e. The lowest BCUT2D eigenvalue weighted by atomic mass is 9.94. The first kappa shape index (κ1) is 24.0. The molecular weight excluding hydrogens is 458 g/mol. The molecular formula is C25H27NO7S. The summed E-state index contributed by atoms with van der Waals surface area (Å²) in [6.45, 7) is 4.93. The second-order valence-electron chi connectivity index (χ2n) is 8.82. The molecule has 1 aliphatic heterocycles. The number of fused-ring (bicyclic) bond motifs is 1. The zero-order chi connectivity index (χ0) is 24.5. The number of nitrogens with zero attached hydrogens (tertiary/aromatic N) is 1. The van der Waals surface area contributed by atoms with E-state index in [-0.39, 0.29) is 17.1 Å². The van der Waals surface area contributed by atoms with Crippen LogP contribution in [0.4, 0.5) is 0 Å². The molecule has 2 atom stereocenters. The highest BCUT2D eigenvalue weighted by molar-refractivity contribution is 7.89. The Morgan fingerprint density at radius 2 is 1.74 bits per heavy atom. The van der Waals surface area contributed by atoms with Crippen molar-refractivity contribution in [2.75, 3.05) is 20.2 Å². The summed E-state index contributed by atoms with van der Waals surface area (Å²) in [5.74, 6) is 0.503. The molecule has 180 valence electrons. The predicted molar refractivity (Wildman–Crippen MR) is 126 cm³/mol. The first-order valence-corrected chi connectivity index (χ1v) is 12.5. The van der Waals surface area contributed by atoms with Crippen LogP contribution in [0.25, 0.3) is 11.0 Å². The molecule has 0 bridgehead atoms. The Hall–Kier alpha value is -3.17. The summed E-state index contributed by atoms with van der Waals surface area (Å²) in [5, 5.41) is 0.625. The van der Waals surface area contributed by atoms with Crippen LogP contribution in [0.5, 0.6) is 5.75 Å². The van der Waals surface area contributed by atoms with Gasteiger partial charge in [-0.2, -0.15) is 4.31 Å². The van der Waals surface area contributed by atoms with Gasteiger partial charge in [-0.05, 0) is 54.7 Å². The highest BCUT2D eigenvalue weighted by Crippen LogP contribution is 2.27. The van der Waals surface area contributed by atoms with Crippen molar-refractivity contribution < 1.29 is 27.1 Å². The zero-order valence-corrected chi connectivity index (χ0v) is 20.1. The molecule has 1 saturated heterocycles. The van der Waals surface area contributed by atoms with Gasteiger partial charge in [0.25, 0.3) is 0 Å². The van der Waals surface area contributed by atoms with Crippen LogP contribution in [0.1, 0.15) is 36.2 Å². The van der Waals surface area contributed by atoms with Crippen LogP contribution >= 0.6 is 0 Å². The molecule has 2 aromatic carbocycles. The van der Waals surface area contributed by atoms with E-state index in [1.807, 2.05) is 13.8 Å². The number of rotatable bonds is 6. The van der Waals surface area contributed by atoms with Gasteiger partial charge in [0.1, 0.15) is 17.9 Å². The van der Waals surface area contributed by atoms with Gasteiger partial charge in [-0.3, -0.25) is 0 Å². The number of piperidine rings is 1. The van der Waals surface area contributed by atoms with Gasteiger partial charge in [0, 0.05) is 36.2 Å². The first-order valence-electron chi connectivity index (χ1n) is 11.1. The standard InChI is InChI=1S/C25H27NO7S/c1-16-10-17(2)14-26(13-16)34(29,30)21-7-4-18(5-8-21)25(28)32-15-19-11-24(27)33-23-12-20(31-3)6-9-22(19)23/h4-9,11-12,16-17H,10,13-15H2,1-3H3/t16-,17-/m0/s1. The molecule has 0 aliphatic carbocycles. The SMILES string of the molecule is COc1ccc2c(COC(=O)c3ccc(S(=O)(=O)N4C[C@@H](C)C[C@H](C)C4)cc3)cc(=O)oc2c1. The summed E-state index contributed by atoms with van der Waals surface area (Å²) >= 11 is 0. The van der Waals surface area contributed by atoms with Crippen LogP contribution in [0.15, 0.2) is 62.6 Å². The molecule has 1 aliphatic rings. The molecule has 8 nitrogen and oxygen atoms in total. The number of carbonyl (C=O) groups is 1. The maximum Gasteiger partial charge on any atom is 0.338 e. The van der Waals surface area contributed by atoms with E-state index in [2.05, 4.69) is 0 Å². The monoisotopic (exact) mass is 485 g/mol. The van der Waals surface area contributed by atoms with Gasteiger partial charge in [-0.15, -0.1) is 0 Å². The van der Waals surface area contributed by atoms with Gasteiger partial charge in [-0.1, -0.05) is 13.8 Å². The molecule has 0 amide bonds. The number of methoxy groups -OCH3 is 1. The topological polar surface area (TPSA) is 103 Å². The van der Waals surface area contributed by atoms with Crippen molar-refractivity contribution in [2.45, 2.75) is 31.8 Å². The average Bonchev–Trinajstić information content (AvgIpc) is 2.81. The van der Waals surface area contributed by atoms with E-state index in [9.17, 15) is 18.0 Å². The largest absolute Gasteiger partial charge is 0.497 e. The summed E-state index contributed by atoms with van der Waals surface area (Å²) in [6, 6.07) is 12.0. The quantitative estimate of drug-likeness (QED) is 0.386. The van der Waals surface area contributed by atoms with Crippen LogP contribution in [-0.2, 0) is 21.4 Å². The van der Waals surface area contributed by atoms with Gasteiger partial charge < -0.3 is 13.9 Å². The molecule has 34 heavy (non-hydrogen) atoms. The minimum Gasteiger partial charge on any atom is -0.497 e. The van der Waals surface area contributed by atoms with Crippen molar-refractivity contribution in [1.82, 2.24) is 4.31 Å². The fraction of sp³-hybridized carbons (Fsp3) is 0.360. The van der Waals surface area contributed by atoms with Crippen LogP contribution in [0.3, 0.4) is 0 Å². The number of sulfonamides is 1. The van der Waals surface area contributed by atoms with Crippen LogP contribution in [0, 0.1) is 11.8 Å². The molecule has 1 fully saturated rings. The van der Waals surface area contributed by atoms with Crippen molar-refractivity contribution in [1.29, 1.82) is 0 Å². The Bertz CT molecular complexity index is 1350. The number of ether oxygens (including phenoxy) is 2. The van der Waals surface area contributed by atoms with Crippen molar-refractivity contribution >= 4 is 27.0 Å². The summed E-state index contributed by atoms with van der Waals surface area (Å²) < 4.78 is 43.3. The summed E-state index contributed by atoms with van der Waals surface area (Å²) in [7, 11) is -2.13. The van der Waals surface area contributed by atoms with Crippen molar-refractivity contribution in [3.05, 3.63) is 70.1 Å². The van der Waals surface area contributed by atoms with Crippen LogP contribution in [-0.4, -0.2) is 38.9 Å². The van der Waals surface area contributed by atoms with E-state index in [1.54, 1.807) is 18.2 Å². The number of carbonyl (C=O) groups excluding carboxylic acids is 1. The average molecular weight is 486 g/mol. The van der Waals surface area contributed by atoms with Gasteiger partial charge in [0.05, 0.1) is 17.6 Å². The maximum absolute atomic E-state index is 13.0. The Morgan fingerprint density at radius 1 is 1.06 bits per heavy atom. The lowest BCUT2D eigenvalue weighted by molar-refractivity contribution is 0.0473. The van der Waals surface area contributed by atoms with Crippen LogP contribution in [0.2, 0.25) is 0 Å². The number of hydrogen-bond donors (Lipinski definition) is 0. The minimum absolute atomic E-state index is 0.142. The summed E-state index contributed by atoms with van der Waals surface area (Å²) in [5.41, 5.74) is 0.472. The molecule has 4 rings (SSSR count). The molecule has 2 heterocycles. The third-order valence-corrected chi connectivity index (χ3v) is 7.81. The minimum atomic E-state index is -3.63. The Morgan fingerprint density at radius 3 is 2.38 bits per heavy atom. The van der Waals surface area contributed by atoms with E-state index in [0.717, 1.165) is 6.42 Å². The lowest BCUT2D eigenvalue weighted by Gasteiger charge is -2.34. The Balaban J connectivity index is 1.48. The van der Waals surface area contributed by atoms with E-state index < -0.39 is 21.6 Å². The molecule has 1 aromatic heterocycles. The van der Waals surface area contributed by atoms with E-state index in [1.165, 1.54) is 41.7 Å². The number of benzene rings is 2. The highest BCUT2D eigenvalue weighted by Gasteiger charge is 2.31. The number of esters is 1. The molecule has 3 aromatic rings. The summed E-state index contributed by atoms with van der Waals surface area (Å²) in [4.78, 5) is 24.6. The fourth-order valence-electron chi connectivity index (χ4n) is 4.40. The maximum atomic E-state index is 13.0. The van der Waals surface area contributed by atoms with Gasteiger partial charge in [0.15, 0.2) is 0 Å². The first-order chi connectivity index (χ1) is 16.2. The molecule has 0 N–H and O–H groups in total. The third kappa shape index (κ3) is 5.00. The van der Waals surface area contributed by atoms with Crippen molar-refractivity contribution in [2.24, 2.45) is 11.8 Å². The van der Waals surface area contributed by atoms with Gasteiger partial charge in [0.2, 0.25) is 10.0 Å².